The molecule has 0 spiro atoms. The number of nitrogens with one attached hydrogen (secondary N) is 1. The van der Waals surface area contributed by atoms with Crippen LogP contribution in [0.3, 0.4) is 0 Å². The molecule has 0 aromatic carbocycles. The van der Waals surface area contributed by atoms with Gasteiger partial charge in [-0.15, -0.1) is 0 Å². The fraction of sp³-hybridized carbons (Fsp3) is 0.571. The van der Waals surface area contributed by atoms with Crippen molar-refractivity contribution in [3.05, 3.63) is 12.2 Å². The van der Waals surface area contributed by atoms with Gasteiger partial charge in [0.2, 0.25) is 5.91 Å². The van der Waals surface area contributed by atoms with Gasteiger partial charge < -0.3 is 15.1 Å². The summed E-state index contributed by atoms with van der Waals surface area (Å²) in [5.74, 6) is -0.173. The largest absolute Gasteiger partial charge is 0.350 e. The number of amides is 1. The number of rotatable bonds is 4. The number of carbonyl (C=O) groups is 1. The van der Waals surface area contributed by atoms with Crippen LogP contribution in [-0.2, 0) is 9.36 Å². The predicted octanol–water partition coefficient (Wildman–Crippen LogP) is 0.245. The van der Waals surface area contributed by atoms with Crippen molar-refractivity contribution >= 4 is 13.5 Å². The van der Waals surface area contributed by atoms with Gasteiger partial charge >= 0.3 is 7.60 Å². The van der Waals surface area contributed by atoms with Crippen LogP contribution in [0.5, 0.6) is 0 Å². The lowest BCUT2D eigenvalue weighted by molar-refractivity contribution is -0.119. The van der Waals surface area contributed by atoms with Crippen LogP contribution in [0.25, 0.3) is 0 Å². The number of allylic oxidation sites excluding steroid dienone is 1. The predicted molar refractivity (Wildman–Crippen MR) is 49.3 cm³/mol. The van der Waals surface area contributed by atoms with Crippen molar-refractivity contribution in [3.8, 4) is 0 Å². The average Bonchev–Trinajstić information content (AvgIpc) is 1.81. The third-order valence-electron chi connectivity index (χ3n) is 1.20. The van der Waals surface area contributed by atoms with Gasteiger partial charge in [0.05, 0.1) is 6.16 Å². The number of carbonyl (C=O) groups excluding carboxylic acids is 1. The number of hydrogen-bond donors (Lipinski definition) is 3. The van der Waals surface area contributed by atoms with Crippen molar-refractivity contribution in [2.75, 3.05) is 6.16 Å². The molecule has 0 fully saturated rings. The molecule has 0 rings (SSSR count). The van der Waals surface area contributed by atoms with E-state index in [0.717, 1.165) is 0 Å². The van der Waals surface area contributed by atoms with Gasteiger partial charge in [0.15, 0.2) is 0 Å². The van der Waals surface area contributed by atoms with Crippen molar-refractivity contribution in [3.63, 3.8) is 0 Å². The molecule has 1 unspecified atom stereocenters. The van der Waals surface area contributed by atoms with Gasteiger partial charge in [-0.1, -0.05) is 12.2 Å². The van der Waals surface area contributed by atoms with E-state index in [4.69, 9.17) is 9.79 Å². The molecule has 1 amide bonds. The summed E-state index contributed by atoms with van der Waals surface area (Å²) in [6.07, 6.45) is 2.61. The Morgan fingerprint density at radius 1 is 1.62 bits per heavy atom. The van der Waals surface area contributed by atoms with Gasteiger partial charge in [0.25, 0.3) is 0 Å². The summed E-state index contributed by atoms with van der Waals surface area (Å²) < 4.78 is 10.4. The topological polar surface area (TPSA) is 86.6 Å². The SMILES string of the molecule is CC(=O)NC(C)/C=C/CP(=O)(O)O. The highest BCUT2D eigenvalue weighted by molar-refractivity contribution is 7.51. The Morgan fingerprint density at radius 3 is 2.54 bits per heavy atom. The first kappa shape index (κ1) is 12.4. The molecule has 3 N–H and O–H groups in total. The van der Waals surface area contributed by atoms with Gasteiger partial charge in [-0.3, -0.25) is 9.36 Å². The van der Waals surface area contributed by atoms with Crippen molar-refractivity contribution in [1.29, 1.82) is 0 Å². The molecular formula is C7H14NO4P. The molecule has 0 aliphatic carbocycles. The second kappa shape index (κ2) is 5.17. The smallest absolute Gasteiger partial charge is 0.329 e. The molecule has 0 radical (unpaired) electrons. The maximum atomic E-state index is 10.5. The van der Waals surface area contributed by atoms with Gasteiger partial charge in [-0.05, 0) is 6.92 Å². The number of hydrogen-bond acceptors (Lipinski definition) is 2. The summed E-state index contributed by atoms with van der Waals surface area (Å²) in [6.45, 7) is 3.10. The van der Waals surface area contributed by atoms with Gasteiger partial charge in [-0.2, -0.15) is 0 Å². The van der Waals surface area contributed by atoms with Crippen molar-refractivity contribution in [2.24, 2.45) is 0 Å². The summed E-state index contributed by atoms with van der Waals surface area (Å²) in [5, 5.41) is 2.55. The van der Waals surface area contributed by atoms with E-state index in [1.54, 1.807) is 13.0 Å². The third-order valence-corrected chi connectivity index (χ3v) is 1.89. The molecule has 0 aliphatic heterocycles. The molecule has 1 atom stereocenters. The summed E-state index contributed by atoms with van der Waals surface area (Å²) >= 11 is 0. The first-order valence-electron chi connectivity index (χ1n) is 3.79. The van der Waals surface area contributed by atoms with E-state index < -0.39 is 7.60 Å². The summed E-state index contributed by atoms with van der Waals surface area (Å²) in [7, 11) is -3.96. The minimum Gasteiger partial charge on any atom is -0.350 e. The standard InChI is InChI=1S/C7H14NO4P/c1-6(8-7(2)9)4-3-5-13(10,11)12/h3-4,6H,5H2,1-2H3,(H,8,9)(H2,10,11,12)/b4-3+. The minimum atomic E-state index is -3.96. The quantitative estimate of drug-likeness (QED) is 0.455. The zero-order valence-electron chi connectivity index (χ0n) is 7.60. The highest BCUT2D eigenvalue weighted by atomic mass is 31.2. The van der Waals surface area contributed by atoms with E-state index in [9.17, 15) is 9.36 Å². The van der Waals surface area contributed by atoms with Crippen LogP contribution in [0.4, 0.5) is 0 Å². The highest BCUT2D eigenvalue weighted by Gasteiger charge is 2.08. The Labute approximate surface area is 77.0 Å². The van der Waals surface area contributed by atoms with Gasteiger partial charge in [-0.25, -0.2) is 0 Å². The zero-order valence-corrected chi connectivity index (χ0v) is 8.49. The molecule has 6 heteroatoms. The first-order chi connectivity index (χ1) is 5.81. The van der Waals surface area contributed by atoms with Crippen LogP contribution in [0, 0.1) is 0 Å². The molecule has 0 aromatic heterocycles. The van der Waals surface area contributed by atoms with Crippen LogP contribution in [0.2, 0.25) is 0 Å². The third kappa shape index (κ3) is 9.27. The molecule has 76 valence electrons. The maximum absolute atomic E-state index is 10.5. The monoisotopic (exact) mass is 207 g/mol. The van der Waals surface area contributed by atoms with Crippen molar-refractivity contribution < 1.29 is 19.1 Å². The van der Waals surface area contributed by atoms with Crippen LogP contribution >= 0.6 is 7.60 Å². The van der Waals surface area contributed by atoms with E-state index in [1.165, 1.54) is 13.0 Å². The minimum absolute atomic E-state index is 0.173. The Hall–Kier alpha value is -0.640. The summed E-state index contributed by atoms with van der Waals surface area (Å²) in [6, 6.07) is -0.205. The maximum Gasteiger partial charge on any atom is 0.329 e. The lowest BCUT2D eigenvalue weighted by atomic mass is 10.3. The normalized spacial score (nSPS) is 14.5. The Balaban J connectivity index is 3.85. The van der Waals surface area contributed by atoms with Crippen LogP contribution in [-0.4, -0.2) is 27.9 Å². The van der Waals surface area contributed by atoms with Crippen molar-refractivity contribution in [2.45, 2.75) is 19.9 Å². The molecule has 0 bridgehead atoms. The summed E-state index contributed by atoms with van der Waals surface area (Å²) in [4.78, 5) is 27.5. The molecule has 0 saturated carbocycles. The van der Waals surface area contributed by atoms with Crippen molar-refractivity contribution in [1.82, 2.24) is 5.32 Å². The van der Waals surface area contributed by atoms with E-state index >= 15 is 0 Å². The molecule has 5 nitrogen and oxygen atoms in total. The fourth-order valence-electron chi connectivity index (χ4n) is 0.771. The lowest BCUT2D eigenvalue weighted by Crippen LogP contribution is -2.28. The molecule has 0 aliphatic rings. The Bertz CT molecular complexity index is 245. The molecular weight excluding hydrogens is 193 g/mol. The molecule has 0 aromatic rings. The Morgan fingerprint density at radius 2 is 2.15 bits per heavy atom. The van der Waals surface area contributed by atoms with E-state index in [0.29, 0.717) is 0 Å². The van der Waals surface area contributed by atoms with E-state index in [1.807, 2.05) is 0 Å². The molecule has 0 saturated heterocycles. The van der Waals surface area contributed by atoms with Gasteiger partial charge in [0, 0.05) is 13.0 Å². The zero-order chi connectivity index (χ0) is 10.5. The average molecular weight is 207 g/mol. The fourth-order valence-corrected chi connectivity index (χ4v) is 1.17. The molecule has 0 heterocycles. The first-order valence-corrected chi connectivity index (χ1v) is 5.59. The van der Waals surface area contributed by atoms with Crippen LogP contribution < -0.4 is 5.32 Å². The second-order valence-electron chi connectivity index (χ2n) is 2.76. The lowest BCUT2D eigenvalue weighted by Gasteiger charge is -2.06. The summed E-state index contributed by atoms with van der Waals surface area (Å²) in [5.41, 5.74) is 0. The molecule has 13 heavy (non-hydrogen) atoms. The second-order valence-corrected chi connectivity index (χ2v) is 4.46. The Kier molecular flexibility index (Phi) is 4.91. The van der Waals surface area contributed by atoms with Crippen LogP contribution in [0.15, 0.2) is 12.2 Å². The highest BCUT2D eigenvalue weighted by Crippen LogP contribution is 2.33. The van der Waals surface area contributed by atoms with E-state index in [-0.39, 0.29) is 18.1 Å². The van der Waals surface area contributed by atoms with Gasteiger partial charge in [0.1, 0.15) is 0 Å². The van der Waals surface area contributed by atoms with Crippen LogP contribution in [0.1, 0.15) is 13.8 Å². The van der Waals surface area contributed by atoms with E-state index in [2.05, 4.69) is 5.32 Å².